The third kappa shape index (κ3) is 5.39. The van der Waals surface area contributed by atoms with Crippen LogP contribution in [0.3, 0.4) is 0 Å². The van der Waals surface area contributed by atoms with Gasteiger partial charge in [0.15, 0.2) is 0 Å². The van der Waals surface area contributed by atoms with Gasteiger partial charge in [-0.2, -0.15) is 0 Å². The van der Waals surface area contributed by atoms with Gasteiger partial charge in [-0.25, -0.2) is 0 Å². The Kier molecular flexibility index (Phi) is 6.32. The first-order valence-corrected chi connectivity index (χ1v) is 7.79. The summed E-state index contributed by atoms with van der Waals surface area (Å²) in [4.78, 5) is 23.0. The molecule has 0 spiro atoms. The van der Waals surface area contributed by atoms with Gasteiger partial charge in [0.05, 0.1) is 7.11 Å². The van der Waals surface area contributed by atoms with E-state index in [1.807, 2.05) is 48.5 Å². The Bertz CT molecular complexity index is 733. The van der Waals surface area contributed by atoms with Crippen LogP contribution in [-0.4, -0.2) is 18.8 Å². The summed E-state index contributed by atoms with van der Waals surface area (Å²) in [5, 5.41) is 2.81. The topological polar surface area (TPSA) is 55.4 Å². The number of anilines is 1. The largest absolute Gasteiger partial charge is 0.496 e. The van der Waals surface area contributed by atoms with E-state index >= 15 is 0 Å². The molecule has 124 valence electrons. The minimum atomic E-state index is -0.211. The fourth-order valence-electron chi connectivity index (χ4n) is 2.23. The van der Waals surface area contributed by atoms with Crippen molar-refractivity contribution in [2.24, 2.45) is 0 Å². The van der Waals surface area contributed by atoms with Crippen LogP contribution in [0.15, 0.2) is 54.6 Å². The van der Waals surface area contributed by atoms with Crippen LogP contribution in [0.5, 0.6) is 5.75 Å². The smallest absolute Gasteiger partial charge is 0.248 e. The number of amides is 1. The number of aryl methyl sites for hydroxylation is 1. The minimum Gasteiger partial charge on any atom is -0.496 e. The highest BCUT2D eigenvalue weighted by Gasteiger charge is 2.02. The number of Topliss-reactive ketones (excluding diaryl/α,β-unsaturated/α-hetero) is 1. The Morgan fingerprint density at radius 3 is 2.46 bits per heavy atom. The van der Waals surface area contributed by atoms with Crippen molar-refractivity contribution in [3.63, 3.8) is 0 Å². The molecule has 4 nitrogen and oxygen atoms in total. The second-order valence-electron chi connectivity index (χ2n) is 5.46. The van der Waals surface area contributed by atoms with Gasteiger partial charge in [-0.05, 0) is 43.2 Å². The van der Waals surface area contributed by atoms with Crippen molar-refractivity contribution in [1.82, 2.24) is 0 Å². The van der Waals surface area contributed by atoms with Crippen LogP contribution in [-0.2, 0) is 16.0 Å². The Morgan fingerprint density at radius 1 is 1.08 bits per heavy atom. The number of benzene rings is 2. The Labute approximate surface area is 142 Å². The van der Waals surface area contributed by atoms with Gasteiger partial charge in [-0.1, -0.05) is 30.3 Å². The van der Waals surface area contributed by atoms with Gasteiger partial charge in [0.1, 0.15) is 11.5 Å². The maximum Gasteiger partial charge on any atom is 0.248 e. The quantitative estimate of drug-likeness (QED) is 0.787. The summed E-state index contributed by atoms with van der Waals surface area (Å²) in [6.07, 6.45) is 4.45. The lowest BCUT2D eigenvalue weighted by Crippen LogP contribution is -2.07. The lowest BCUT2D eigenvalue weighted by Gasteiger charge is -2.05. The second-order valence-corrected chi connectivity index (χ2v) is 5.46. The molecule has 2 aromatic rings. The van der Waals surface area contributed by atoms with Crippen molar-refractivity contribution in [1.29, 1.82) is 0 Å². The number of hydrogen-bond acceptors (Lipinski definition) is 3. The third-order valence-electron chi connectivity index (χ3n) is 3.54. The van der Waals surface area contributed by atoms with Gasteiger partial charge in [0, 0.05) is 23.7 Å². The van der Waals surface area contributed by atoms with E-state index < -0.39 is 0 Å². The summed E-state index contributed by atoms with van der Waals surface area (Å²) in [6.45, 7) is 1.59. The summed E-state index contributed by atoms with van der Waals surface area (Å²) in [5.74, 6) is 0.683. The first kappa shape index (κ1) is 17.5. The molecule has 2 aromatic carbocycles. The van der Waals surface area contributed by atoms with Crippen LogP contribution in [0, 0.1) is 0 Å². The van der Waals surface area contributed by atoms with Crippen LogP contribution >= 0.6 is 0 Å². The summed E-state index contributed by atoms with van der Waals surface area (Å²) < 4.78 is 5.24. The highest BCUT2D eigenvalue weighted by molar-refractivity contribution is 6.02. The van der Waals surface area contributed by atoms with Crippen molar-refractivity contribution in [3.8, 4) is 5.75 Å². The number of ketones is 1. The number of nitrogens with one attached hydrogen (secondary N) is 1. The molecule has 24 heavy (non-hydrogen) atoms. The highest BCUT2D eigenvalue weighted by atomic mass is 16.5. The molecule has 0 aromatic heterocycles. The summed E-state index contributed by atoms with van der Waals surface area (Å²) >= 11 is 0. The molecule has 4 heteroatoms. The normalized spacial score (nSPS) is 10.6. The summed E-state index contributed by atoms with van der Waals surface area (Å²) in [6, 6.07) is 15.0. The molecule has 0 saturated carbocycles. The second kappa shape index (κ2) is 8.67. The lowest BCUT2D eigenvalue weighted by atomic mass is 10.1. The van der Waals surface area contributed by atoms with Crippen molar-refractivity contribution in [2.45, 2.75) is 19.8 Å². The fraction of sp³-hybridized carbons (Fsp3) is 0.200. The van der Waals surface area contributed by atoms with Crippen molar-refractivity contribution >= 4 is 23.5 Å². The van der Waals surface area contributed by atoms with Crippen LogP contribution in [0.1, 0.15) is 24.5 Å². The molecule has 1 amide bonds. The van der Waals surface area contributed by atoms with Crippen molar-refractivity contribution < 1.29 is 14.3 Å². The average molecular weight is 323 g/mol. The molecular weight excluding hydrogens is 302 g/mol. The molecule has 1 N–H and O–H groups in total. The molecule has 0 unspecified atom stereocenters. The Morgan fingerprint density at radius 2 is 1.79 bits per heavy atom. The number of rotatable bonds is 7. The van der Waals surface area contributed by atoms with E-state index in [9.17, 15) is 9.59 Å². The van der Waals surface area contributed by atoms with Crippen molar-refractivity contribution in [2.75, 3.05) is 12.4 Å². The Balaban J connectivity index is 1.94. The van der Waals surface area contributed by atoms with Gasteiger partial charge in [-0.3, -0.25) is 4.79 Å². The van der Waals surface area contributed by atoms with Gasteiger partial charge in [0.25, 0.3) is 0 Å². The number of methoxy groups -OCH3 is 1. The van der Waals surface area contributed by atoms with E-state index in [2.05, 4.69) is 5.32 Å². The predicted molar refractivity (Wildman–Crippen MR) is 96.1 cm³/mol. The standard InChI is InChI=1S/C20H21NO3/c1-15(22)7-8-16-9-12-18(13-10-16)21-20(23)14-11-17-5-3-4-6-19(17)24-2/h3-6,9-14H,7-8H2,1-2H3,(H,21,23)/b14-11+. The first-order valence-electron chi connectivity index (χ1n) is 7.79. The molecule has 0 bridgehead atoms. The summed E-state index contributed by atoms with van der Waals surface area (Å²) in [5.41, 5.74) is 2.64. The van der Waals surface area contributed by atoms with Crippen LogP contribution in [0.4, 0.5) is 5.69 Å². The molecule has 2 rings (SSSR count). The maximum atomic E-state index is 12.0. The zero-order valence-corrected chi connectivity index (χ0v) is 13.9. The maximum absolute atomic E-state index is 12.0. The number of para-hydroxylation sites is 1. The lowest BCUT2D eigenvalue weighted by molar-refractivity contribution is -0.117. The molecule has 0 aliphatic heterocycles. The number of carbonyl (C=O) groups excluding carboxylic acids is 2. The van der Waals surface area contributed by atoms with Crippen LogP contribution < -0.4 is 10.1 Å². The zero-order valence-electron chi connectivity index (χ0n) is 13.9. The van der Waals surface area contributed by atoms with E-state index in [0.29, 0.717) is 6.42 Å². The molecule has 0 fully saturated rings. The van der Waals surface area contributed by atoms with E-state index in [0.717, 1.165) is 29.0 Å². The molecule has 0 aliphatic rings. The summed E-state index contributed by atoms with van der Waals surface area (Å²) in [7, 11) is 1.60. The predicted octanol–water partition coefficient (Wildman–Crippen LogP) is 3.87. The molecule has 0 radical (unpaired) electrons. The monoisotopic (exact) mass is 323 g/mol. The number of hydrogen-bond donors (Lipinski definition) is 1. The fourth-order valence-corrected chi connectivity index (χ4v) is 2.23. The molecule has 0 heterocycles. The van der Waals surface area contributed by atoms with E-state index in [4.69, 9.17) is 4.74 Å². The van der Waals surface area contributed by atoms with Gasteiger partial charge in [0.2, 0.25) is 5.91 Å². The molecule has 0 atom stereocenters. The van der Waals surface area contributed by atoms with Gasteiger partial charge < -0.3 is 14.8 Å². The average Bonchev–Trinajstić information content (AvgIpc) is 2.59. The number of carbonyl (C=O) groups is 2. The number of ether oxygens (including phenoxy) is 1. The SMILES string of the molecule is COc1ccccc1/C=C/C(=O)Nc1ccc(CCC(C)=O)cc1. The van der Waals surface area contributed by atoms with Gasteiger partial charge in [-0.15, -0.1) is 0 Å². The molecule has 0 saturated heterocycles. The van der Waals surface area contributed by atoms with Crippen molar-refractivity contribution in [3.05, 3.63) is 65.7 Å². The van der Waals surface area contributed by atoms with E-state index in [1.165, 1.54) is 6.08 Å². The zero-order chi connectivity index (χ0) is 17.4. The molecular formula is C20H21NO3. The van der Waals surface area contributed by atoms with E-state index in [-0.39, 0.29) is 11.7 Å². The molecule has 0 aliphatic carbocycles. The minimum absolute atomic E-state index is 0.175. The van der Waals surface area contributed by atoms with Crippen LogP contribution in [0.25, 0.3) is 6.08 Å². The third-order valence-corrected chi connectivity index (χ3v) is 3.54. The Hall–Kier alpha value is -2.88. The van der Waals surface area contributed by atoms with Gasteiger partial charge >= 0.3 is 0 Å². The van der Waals surface area contributed by atoms with E-state index in [1.54, 1.807) is 20.1 Å². The first-order chi connectivity index (χ1) is 11.6. The highest BCUT2D eigenvalue weighted by Crippen LogP contribution is 2.18. The van der Waals surface area contributed by atoms with Crippen LogP contribution in [0.2, 0.25) is 0 Å².